The Bertz CT molecular complexity index is 3240. The summed E-state index contributed by atoms with van der Waals surface area (Å²) in [4.78, 5) is 15.7. The summed E-state index contributed by atoms with van der Waals surface area (Å²) in [6.07, 6.45) is 0. The molecular formula is C51H32N4O. The van der Waals surface area contributed by atoms with Crippen molar-refractivity contribution < 1.29 is 4.42 Å². The molecule has 0 saturated heterocycles. The summed E-state index contributed by atoms with van der Waals surface area (Å²) in [5, 5.41) is 4.44. The van der Waals surface area contributed by atoms with E-state index in [0.29, 0.717) is 17.5 Å². The zero-order valence-corrected chi connectivity index (χ0v) is 30.2. The largest absolute Gasteiger partial charge is 0.456 e. The lowest BCUT2D eigenvalue weighted by Crippen LogP contribution is -2.04. The van der Waals surface area contributed by atoms with Crippen molar-refractivity contribution >= 4 is 43.7 Å². The topological polar surface area (TPSA) is 56.7 Å². The van der Waals surface area contributed by atoms with Crippen molar-refractivity contribution in [2.24, 2.45) is 0 Å². The minimum atomic E-state index is 0.587. The van der Waals surface area contributed by atoms with Crippen LogP contribution in [0.4, 0.5) is 0 Å². The molecule has 3 aromatic heterocycles. The standard InChI is InChI=1S/C51H32N4O/c1-4-15-33(16-5-1)36-27-29-42(45(32-36)55-44-25-12-10-21-39(44)41-24-14-23-38(48(41)55)34-17-6-2-7-18-34)51-53-49(35-19-8-3-9-20-35)52-50(54-51)37-28-30-47-43(31-37)40-22-11-13-26-46(40)56-47/h1-32H. The van der Waals surface area contributed by atoms with Gasteiger partial charge in [0.1, 0.15) is 11.2 Å². The number of rotatable bonds is 6. The summed E-state index contributed by atoms with van der Waals surface area (Å²) >= 11 is 0. The molecule has 0 radical (unpaired) electrons. The molecule has 0 spiro atoms. The third-order valence-corrected chi connectivity index (χ3v) is 10.7. The van der Waals surface area contributed by atoms with E-state index in [1.54, 1.807) is 0 Å². The Morgan fingerprint density at radius 3 is 1.71 bits per heavy atom. The van der Waals surface area contributed by atoms with E-state index in [4.69, 9.17) is 19.4 Å². The van der Waals surface area contributed by atoms with Crippen LogP contribution in [0.2, 0.25) is 0 Å². The van der Waals surface area contributed by atoms with Gasteiger partial charge in [-0.25, -0.2) is 15.0 Å². The van der Waals surface area contributed by atoms with Crippen molar-refractivity contribution in [3.05, 3.63) is 194 Å². The predicted molar refractivity (Wildman–Crippen MR) is 229 cm³/mol. The monoisotopic (exact) mass is 716 g/mol. The van der Waals surface area contributed by atoms with Crippen molar-refractivity contribution in [3.63, 3.8) is 0 Å². The first-order valence-corrected chi connectivity index (χ1v) is 18.8. The summed E-state index contributed by atoms with van der Waals surface area (Å²) in [6, 6.07) is 67.5. The van der Waals surface area contributed by atoms with Crippen LogP contribution < -0.4 is 0 Å². The van der Waals surface area contributed by atoms with Crippen molar-refractivity contribution in [1.29, 1.82) is 0 Å². The summed E-state index contributed by atoms with van der Waals surface area (Å²) in [7, 11) is 0. The van der Waals surface area contributed by atoms with Gasteiger partial charge in [0.2, 0.25) is 0 Å². The van der Waals surface area contributed by atoms with Gasteiger partial charge < -0.3 is 8.98 Å². The third kappa shape index (κ3) is 5.29. The number of fused-ring (bicyclic) bond motifs is 6. The van der Waals surface area contributed by atoms with Gasteiger partial charge in [0.25, 0.3) is 0 Å². The number of hydrogen-bond acceptors (Lipinski definition) is 4. The van der Waals surface area contributed by atoms with Crippen molar-refractivity contribution in [2.45, 2.75) is 0 Å². The normalized spacial score (nSPS) is 11.6. The minimum Gasteiger partial charge on any atom is -0.456 e. The number of aromatic nitrogens is 4. The molecule has 3 heterocycles. The van der Waals surface area contributed by atoms with Gasteiger partial charge in [0.15, 0.2) is 17.5 Å². The molecule has 56 heavy (non-hydrogen) atoms. The van der Waals surface area contributed by atoms with Crippen LogP contribution in [-0.4, -0.2) is 19.5 Å². The highest BCUT2D eigenvalue weighted by Crippen LogP contribution is 2.42. The molecule has 0 aliphatic carbocycles. The molecule has 0 atom stereocenters. The maximum absolute atomic E-state index is 6.19. The van der Waals surface area contributed by atoms with Crippen molar-refractivity contribution in [2.75, 3.05) is 0 Å². The first kappa shape index (κ1) is 31.9. The fourth-order valence-electron chi connectivity index (χ4n) is 8.04. The quantitative estimate of drug-likeness (QED) is 0.172. The van der Waals surface area contributed by atoms with Gasteiger partial charge in [-0.05, 0) is 59.2 Å². The molecule has 8 aromatic carbocycles. The van der Waals surface area contributed by atoms with Gasteiger partial charge in [0.05, 0.1) is 16.7 Å². The lowest BCUT2D eigenvalue weighted by Gasteiger charge is -2.18. The van der Waals surface area contributed by atoms with E-state index in [2.05, 4.69) is 138 Å². The van der Waals surface area contributed by atoms with E-state index in [1.807, 2.05) is 60.7 Å². The highest BCUT2D eigenvalue weighted by Gasteiger charge is 2.22. The first-order valence-electron chi connectivity index (χ1n) is 18.8. The van der Waals surface area contributed by atoms with Crippen LogP contribution in [0.3, 0.4) is 0 Å². The lowest BCUT2D eigenvalue weighted by molar-refractivity contribution is 0.669. The molecule has 0 saturated carbocycles. The summed E-state index contributed by atoms with van der Waals surface area (Å²) in [5.74, 6) is 1.78. The fourth-order valence-corrected chi connectivity index (χ4v) is 8.04. The molecule has 11 rings (SSSR count). The van der Waals surface area contributed by atoms with Gasteiger partial charge in [-0.3, -0.25) is 0 Å². The second kappa shape index (κ2) is 13.0. The molecule has 0 N–H and O–H groups in total. The van der Waals surface area contributed by atoms with E-state index in [0.717, 1.165) is 77.6 Å². The molecule has 0 aliphatic heterocycles. The Kier molecular flexibility index (Phi) is 7.42. The summed E-state index contributed by atoms with van der Waals surface area (Å²) in [5.41, 5.74) is 12.1. The molecule has 0 bridgehead atoms. The fraction of sp³-hybridized carbons (Fsp3) is 0. The molecule has 5 heteroatoms. The van der Waals surface area contributed by atoms with Gasteiger partial charge in [-0.1, -0.05) is 152 Å². The molecular weight excluding hydrogens is 685 g/mol. The molecule has 0 amide bonds. The molecule has 0 unspecified atom stereocenters. The summed E-state index contributed by atoms with van der Waals surface area (Å²) in [6.45, 7) is 0. The zero-order chi connectivity index (χ0) is 37.0. The van der Waals surface area contributed by atoms with Crippen LogP contribution in [0.25, 0.3) is 106 Å². The number of furan rings is 1. The lowest BCUT2D eigenvalue weighted by atomic mass is 10.00. The Hall–Kier alpha value is -7.63. The van der Waals surface area contributed by atoms with E-state index >= 15 is 0 Å². The van der Waals surface area contributed by atoms with Crippen LogP contribution in [0.1, 0.15) is 0 Å². The SMILES string of the molecule is c1ccc(-c2ccc(-c3nc(-c4ccccc4)nc(-c4ccc5oc6ccccc6c5c4)n3)c(-n3c4ccccc4c4cccc(-c5ccccc5)c43)c2)cc1. The van der Waals surface area contributed by atoms with E-state index in [1.165, 1.54) is 10.8 Å². The van der Waals surface area contributed by atoms with Gasteiger partial charge in [-0.15, -0.1) is 0 Å². The molecule has 11 aromatic rings. The highest BCUT2D eigenvalue weighted by molar-refractivity contribution is 6.14. The Morgan fingerprint density at radius 1 is 0.339 bits per heavy atom. The zero-order valence-electron chi connectivity index (χ0n) is 30.2. The number of hydrogen-bond donors (Lipinski definition) is 0. The van der Waals surface area contributed by atoms with Gasteiger partial charge >= 0.3 is 0 Å². The molecule has 0 aliphatic rings. The molecule has 5 nitrogen and oxygen atoms in total. The predicted octanol–water partition coefficient (Wildman–Crippen LogP) is 13.2. The average molecular weight is 717 g/mol. The second-order valence-electron chi connectivity index (χ2n) is 14.0. The van der Waals surface area contributed by atoms with E-state index < -0.39 is 0 Å². The van der Waals surface area contributed by atoms with Crippen LogP contribution in [0, 0.1) is 0 Å². The minimum absolute atomic E-state index is 0.587. The maximum Gasteiger partial charge on any atom is 0.166 e. The van der Waals surface area contributed by atoms with Crippen LogP contribution in [-0.2, 0) is 0 Å². The maximum atomic E-state index is 6.19. The number of benzene rings is 8. The van der Waals surface area contributed by atoms with E-state index in [-0.39, 0.29) is 0 Å². The average Bonchev–Trinajstić information content (AvgIpc) is 3.82. The smallest absolute Gasteiger partial charge is 0.166 e. The molecule has 262 valence electrons. The highest BCUT2D eigenvalue weighted by atomic mass is 16.3. The van der Waals surface area contributed by atoms with E-state index in [9.17, 15) is 0 Å². The number of para-hydroxylation sites is 3. The van der Waals surface area contributed by atoms with Crippen LogP contribution >= 0.6 is 0 Å². The second-order valence-corrected chi connectivity index (χ2v) is 14.0. The number of nitrogens with zero attached hydrogens (tertiary/aromatic N) is 4. The van der Waals surface area contributed by atoms with Crippen LogP contribution in [0.15, 0.2) is 199 Å². The van der Waals surface area contributed by atoms with Crippen LogP contribution in [0.5, 0.6) is 0 Å². The first-order chi connectivity index (χ1) is 27.8. The Labute approximate surface area is 322 Å². The van der Waals surface area contributed by atoms with Crippen molar-refractivity contribution in [1.82, 2.24) is 19.5 Å². The van der Waals surface area contributed by atoms with Gasteiger partial charge in [-0.2, -0.15) is 0 Å². The Morgan fingerprint density at radius 2 is 0.929 bits per heavy atom. The Balaban J connectivity index is 1.22. The molecule has 0 fully saturated rings. The van der Waals surface area contributed by atoms with Crippen molar-refractivity contribution in [3.8, 4) is 62.1 Å². The third-order valence-electron chi connectivity index (χ3n) is 10.7. The van der Waals surface area contributed by atoms with Gasteiger partial charge in [0, 0.05) is 43.8 Å². The summed E-state index contributed by atoms with van der Waals surface area (Å²) < 4.78 is 8.60.